The Labute approximate surface area is 115 Å². The van der Waals surface area contributed by atoms with Crippen molar-refractivity contribution in [3.63, 3.8) is 0 Å². The molecule has 0 aromatic carbocycles. The van der Waals surface area contributed by atoms with Crippen molar-refractivity contribution in [2.45, 2.75) is 58.4 Å². The van der Waals surface area contributed by atoms with Gasteiger partial charge in [0, 0.05) is 20.8 Å². The highest BCUT2D eigenvalue weighted by atomic mass is 16.7. The van der Waals surface area contributed by atoms with Crippen LogP contribution in [0, 0.1) is 0 Å². The molecular weight excluding hydrogens is 272 g/mol. The van der Waals surface area contributed by atoms with Gasteiger partial charge in [0.2, 0.25) is 0 Å². The van der Waals surface area contributed by atoms with E-state index in [1.807, 2.05) is 0 Å². The van der Waals surface area contributed by atoms with Crippen molar-refractivity contribution in [3.8, 4) is 0 Å². The summed E-state index contributed by atoms with van der Waals surface area (Å²) in [7, 11) is 0. The Morgan fingerprint density at radius 3 is 1.70 bits per heavy atom. The summed E-state index contributed by atoms with van der Waals surface area (Å²) >= 11 is 0. The van der Waals surface area contributed by atoms with Crippen LogP contribution in [-0.4, -0.2) is 53.7 Å². The van der Waals surface area contributed by atoms with E-state index in [1.165, 1.54) is 13.8 Å². The van der Waals surface area contributed by atoms with Crippen LogP contribution in [0.25, 0.3) is 0 Å². The molecule has 3 unspecified atom stereocenters. The van der Waals surface area contributed by atoms with Gasteiger partial charge in [0.15, 0.2) is 24.6 Å². The van der Waals surface area contributed by atoms with Crippen molar-refractivity contribution in [3.05, 3.63) is 0 Å². The Kier molecular flexibility index (Phi) is 5.46. The molecule has 1 N–H and O–H groups in total. The van der Waals surface area contributed by atoms with Gasteiger partial charge in [0.05, 0.1) is 6.10 Å². The first-order valence-corrected chi connectivity index (χ1v) is 6.07. The zero-order valence-corrected chi connectivity index (χ0v) is 11.7. The molecule has 1 saturated heterocycles. The highest BCUT2D eigenvalue weighted by Crippen LogP contribution is 2.27. The topological polar surface area (TPSA) is 108 Å². The summed E-state index contributed by atoms with van der Waals surface area (Å²) in [6, 6.07) is 0. The summed E-state index contributed by atoms with van der Waals surface area (Å²) in [4.78, 5) is 33.3. The maximum atomic E-state index is 11.2. The van der Waals surface area contributed by atoms with Gasteiger partial charge in [-0.3, -0.25) is 14.4 Å². The molecule has 114 valence electrons. The lowest BCUT2D eigenvalue weighted by atomic mass is 9.99. The normalized spacial score (nSPS) is 33.1. The fourth-order valence-electron chi connectivity index (χ4n) is 1.99. The van der Waals surface area contributed by atoms with Crippen LogP contribution in [0.15, 0.2) is 0 Å². The summed E-state index contributed by atoms with van der Waals surface area (Å²) in [5.74, 6) is -1.96. The molecule has 1 aliphatic heterocycles. The van der Waals surface area contributed by atoms with Gasteiger partial charge in [-0.05, 0) is 6.92 Å². The zero-order chi connectivity index (χ0) is 15.4. The van der Waals surface area contributed by atoms with Crippen LogP contribution in [0.4, 0.5) is 0 Å². The first-order valence-electron chi connectivity index (χ1n) is 6.07. The second kappa shape index (κ2) is 6.67. The SMILES string of the molecule is CC(=O)OC1C(OC(C)=O)[C@H](O)OC(C)[C@H]1OC(C)=O. The molecule has 0 saturated carbocycles. The van der Waals surface area contributed by atoms with E-state index in [1.54, 1.807) is 0 Å². The minimum absolute atomic E-state index is 0.611. The van der Waals surface area contributed by atoms with E-state index in [2.05, 4.69) is 0 Å². The molecule has 20 heavy (non-hydrogen) atoms. The predicted molar refractivity (Wildman–Crippen MR) is 63.2 cm³/mol. The van der Waals surface area contributed by atoms with E-state index in [0.29, 0.717) is 0 Å². The first kappa shape index (κ1) is 16.4. The van der Waals surface area contributed by atoms with Crippen LogP contribution in [0.5, 0.6) is 0 Å². The third-order valence-corrected chi connectivity index (χ3v) is 2.65. The maximum absolute atomic E-state index is 11.2. The number of hydrogen-bond acceptors (Lipinski definition) is 8. The van der Waals surface area contributed by atoms with Crippen molar-refractivity contribution < 1.29 is 38.4 Å². The molecule has 0 radical (unpaired) electrons. The Morgan fingerprint density at radius 2 is 1.25 bits per heavy atom. The van der Waals surface area contributed by atoms with Crippen LogP contribution in [0.2, 0.25) is 0 Å². The van der Waals surface area contributed by atoms with Crippen LogP contribution < -0.4 is 0 Å². The number of esters is 3. The average molecular weight is 290 g/mol. The number of aliphatic hydroxyl groups excluding tert-OH is 1. The van der Waals surface area contributed by atoms with Gasteiger partial charge in [-0.2, -0.15) is 0 Å². The molecule has 0 aliphatic carbocycles. The third kappa shape index (κ3) is 4.17. The van der Waals surface area contributed by atoms with Gasteiger partial charge in [-0.15, -0.1) is 0 Å². The maximum Gasteiger partial charge on any atom is 0.303 e. The minimum atomic E-state index is -1.48. The van der Waals surface area contributed by atoms with Crippen molar-refractivity contribution >= 4 is 17.9 Å². The second-order valence-electron chi connectivity index (χ2n) is 4.45. The fourth-order valence-corrected chi connectivity index (χ4v) is 1.99. The Balaban J connectivity index is 3.01. The predicted octanol–water partition coefficient (Wildman–Crippen LogP) is -0.481. The summed E-state index contributed by atoms with van der Waals surface area (Å²) in [5, 5.41) is 9.79. The van der Waals surface area contributed by atoms with Gasteiger partial charge < -0.3 is 24.1 Å². The van der Waals surface area contributed by atoms with Crippen molar-refractivity contribution in [2.24, 2.45) is 0 Å². The highest BCUT2D eigenvalue weighted by molar-refractivity contribution is 5.68. The molecule has 1 aliphatic rings. The Bertz CT molecular complexity index is 365. The molecule has 8 nitrogen and oxygen atoms in total. The zero-order valence-electron chi connectivity index (χ0n) is 11.7. The van der Waals surface area contributed by atoms with Crippen molar-refractivity contribution in [2.75, 3.05) is 0 Å². The molecule has 0 bridgehead atoms. The van der Waals surface area contributed by atoms with Crippen molar-refractivity contribution in [1.29, 1.82) is 0 Å². The molecule has 1 fully saturated rings. The van der Waals surface area contributed by atoms with Gasteiger partial charge in [0.25, 0.3) is 0 Å². The lowest BCUT2D eigenvalue weighted by Crippen LogP contribution is -2.60. The molecule has 0 spiro atoms. The van der Waals surface area contributed by atoms with Crippen LogP contribution in [0.1, 0.15) is 27.7 Å². The Hall–Kier alpha value is -1.67. The largest absolute Gasteiger partial charge is 0.456 e. The average Bonchev–Trinajstić information content (AvgIpc) is 2.27. The summed E-state index contributed by atoms with van der Waals surface area (Å²) < 4.78 is 20.1. The first-order chi connectivity index (χ1) is 9.22. The van der Waals surface area contributed by atoms with Gasteiger partial charge in [-0.25, -0.2) is 0 Å². The quantitative estimate of drug-likeness (QED) is 0.548. The van der Waals surface area contributed by atoms with Crippen molar-refractivity contribution in [1.82, 2.24) is 0 Å². The molecule has 0 amide bonds. The number of hydrogen-bond donors (Lipinski definition) is 1. The smallest absolute Gasteiger partial charge is 0.303 e. The van der Waals surface area contributed by atoms with Gasteiger partial charge in [-0.1, -0.05) is 0 Å². The summed E-state index contributed by atoms with van der Waals surface area (Å²) in [6.07, 6.45) is -5.60. The standard InChI is InChI=1S/C12H18O8/c1-5-9(18-6(2)13)10(19-7(3)14)11(12(16)17-5)20-8(4)15/h5,9-12,16H,1-4H3/t5?,9-,10?,11?,12-/m1/s1. The van der Waals surface area contributed by atoms with E-state index >= 15 is 0 Å². The molecule has 0 aromatic heterocycles. The van der Waals surface area contributed by atoms with E-state index in [4.69, 9.17) is 18.9 Å². The molecule has 1 heterocycles. The summed E-state index contributed by atoms with van der Waals surface area (Å²) in [6.45, 7) is 5.01. The van der Waals surface area contributed by atoms with Crippen LogP contribution >= 0.6 is 0 Å². The van der Waals surface area contributed by atoms with E-state index < -0.39 is 48.6 Å². The van der Waals surface area contributed by atoms with Gasteiger partial charge >= 0.3 is 17.9 Å². The summed E-state index contributed by atoms with van der Waals surface area (Å²) in [5.41, 5.74) is 0. The molecule has 8 heteroatoms. The Morgan fingerprint density at radius 1 is 0.850 bits per heavy atom. The van der Waals surface area contributed by atoms with E-state index in [9.17, 15) is 19.5 Å². The number of ether oxygens (including phenoxy) is 4. The molecular formula is C12H18O8. The number of rotatable bonds is 3. The van der Waals surface area contributed by atoms with E-state index in [0.717, 1.165) is 13.8 Å². The van der Waals surface area contributed by atoms with Crippen LogP contribution in [0.3, 0.4) is 0 Å². The molecule has 0 aromatic rings. The lowest BCUT2D eigenvalue weighted by Gasteiger charge is -2.41. The second-order valence-corrected chi connectivity index (χ2v) is 4.45. The third-order valence-electron chi connectivity index (χ3n) is 2.65. The number of aliphatic hydroxyl groups is 1. The number of carbonyl (C=O) groups is 3. The monoisotopic (exact) mass is 290 g/mol. The molecule has 1 rings (SSSR count). The van der Waals surface area contributed by atoms with Crippen LogP contribution in [-0.2, 0) is 33.3 Å². The number of carbonyl (C=O) groups excluding carboxylic acids is 3. The molecule has 5 atom stereocenters. The lowest BCUT2D eigenvalue weighted by molar-refractivity contribution is -0.288. The highest BCUT2D eigenvalue weighted by Gasteiger charge is 2.49. The fraction of sp³-hybridized carbons (Fsp3) is 0.750. The van der Waals surface area contributed by atoms with Gasteiger partial charge in [0.1, 0.15) is 0 Å². The minimum Gasteiger partial charge on any atom is -0.456 e. The van der Waals surface area contributed by atoms with E-state index in [-0.39, 0.29) is 0 Å².